The molecule has 1 aromatic rings. The summed E-state index contributed by atoms with van der Waals surface area (Å²) in [7, 11) is -2.88. The number of benzene rings is 1. The van der Waals surface area contributed by atoms with E-state index < -0.39 is 9.84 Å². The molecule has 4 nitrogen and oxygen atoms in total. The van der Waals surface area contributed by atoms with E-state index >= 15 is 0 Å². The Morgan fingerprint density at radius 2 is 1.94 bits per heavy atom. The van der Waals surface area contributed by atoms with Gasteiger partial charge < -0.3 is 4.90 Å². The number of nitriles is 1. The SMILES string of the molecule is Cc1ccc(N2CCS(=O)(=O)CC2)c(C#N)c1. The third-order valence-corrected chi connectivity index (χ3v) is 4.57. The molecule has 17 heavy (non-hydrogen) atoms. The van der Waals surface area contributed by atoms with Gasteiger partial charge in [0.2, 0.25) is 0 Å². The molecular formula is C12H14N2O2S. The van der Waals surface area contributed by atoms with Gasteiger partial charge in [0.15, 0.2) is 9.84 Å². The number of hydrogen-bond donors (Lipinski definition) is 0. The molecule has 0 bridgehead atoms. The first-order valence-electron chi connectivity index (χ1n) is 5.48. The van der Waals surface area contributed by atoms with E-state index in [4.69, 9.17) is 5.26 Å². The smallest absolute Gasteiger partial charge is 0.153 e. The Hall–Kier alpha value is -1.54. The van der Waals surface area contributed by atoms with E-state index in [1.165, 1.54) is 0 Å². The fourth-order valence-electron chi connectivity index (χ4n) is 1.97. The van der Waals surface area contributed by atoms with Crippen LogP contribution < -0.4 is 4.90 Å². The Morgan fingerprint density at radius 1 is 1.29 bits per heavy atom. The predicted octanol–water partition coefficient (Wildman–Crippen LogP) is 1.10. The lowest BCUT2D eigenvalue weighted by atomic mass is 10.1. The van der Waals surface area contributed by atoms with Gasteiger partial charge in [-0.05, 0) is 24.6 Å². The maximum absolute atomic E-state index is 11.3. The molecule has 1 saturated heterocycles. The normalized spacial score (nSPS) is 18.7. The van der Waals surface area contributed by atoms with Gasteiger partial charge in [-0.3, -0.25) is 0 Å². The zero-order valence-corrected chi connectivity index (χ0v) is 10.5. The zero-order chi connectivity index (χ0) is 12.5. The van der Waals surface area contributed by atoms with E-state index in [1.54, 1.807) is 0 Å². The number of nitrogens with zero attached hydrogens (tertiary/aromatic N) is 2. The summed E-state index contributed by atoms with van der Waals surface area (Å²) >= 11 is 0. The molecule has 0 aliphatic carbocycles. The van der Waals surface area contributed by atoms with Gasteiger partial charge >= 0.3 is 0 Å². The van der Waals surface area contributed by atoms with Crippen molar-refractivity contribution in [2.24, 2.45) is 0 Å². The standard InChI is InChI=1S/C12H14N2O2S/c1-10-2-3-12(11(8-10)9-13)14-4-6-17(15,16)7-5-14/h2-3,8H,4-7H2,1H3. The summed E-state index contributed by atoms with van der Waals surface area (Å²) in [6.07, 6.45) is 0. The monoisotopic (exact) mass is 250 g/mol. The largest absolute Gasteiger partial charge is 0.368 e. The van der Waals surface area contributed by atoms with Crippen LogP contribution >= 0.6 is 0 Å². The summed E-state index contributed by atoms with van der Waals surface area (Å²) in [4.78, 5) is 1.97. The third-order valence-electron chi connectivity index (χ3n) is 2.96. The Balaban J connectivity index is 2.28. The molecular weight excluding hydrogens is 236 g/mol. The fraction of sp³-hybridized carbons (Fsp3) is 0.417. The summed E-state index contributed by atoms with van der Waals surface area (Å²) in [5.74, 6) is 0.345. The van der Waals surface area contributed by atoms with Crippen LogP contribution in [0.3, 0.4) is 0 Å². The molecule has 0 amide bonds. The predicted molar refractivity (Wildman–Crippen MR) is 66.8 cm³/mol. The second kappa shape index (κ2) is 4.38. The maximum Gasteiger partial charge on any atom is 0.153 e. The molecule has 0 atom stereocenters. The first-order chi connectivity index (χ1) is 8.02. The molecule has 1 aliphatic heterocycles. The summed E-state index contributed by atoms with van der Waals surface area (Å²) in [6, 6.07) is 7.83. The second-order valence-corrected chi connectivity index (χ2v) is 6.57. The van der Waals surface area contributed by atoms with Gasteiger partial charge in [0.05, 0.1) is 22.8 Å². The zero-order valence-electron chi connectivity index (χ0n) is 9.68. The van der Waals surface area contributed by atoms with Crippen LogP contribution in [0.2, 0.25) is 0 Å². The van der Waals surface area contributed by atoms with Crippen molar-refractivity contribution in [1.82, 2.24) is 0 Å². The summed E-state index contributed by atoms with van der Waals surface area (Å²) < 4.78 is 22.7. The van der Waals surface area contributed by atoms with Crippen LogP contribution in [-0.4, -0.2) is 33.0 Å². The molecule has 0 spiro atoms. The van der Waals surface area contributed by atoms with Crippen molar-refractivity contribution >= 4 is 15.5 Å². The van der Waals surface area contributed by atoms with Gasteiger partial charge in [-0.25, -0.2) is 8.42 Å². The van der Waals surface area contributed by atoms with Crippen molar-refractivity contribution in [3.63, 3.8) is 0 Å². The number of aryl methyl sites for hydroxylation is 1. The number of sulfone groups is 1. The summed E-state index contributed by atoms with van der Waals surface area (Å²) in [6.45, 7) is 2.88. The van der Waals surface area contributed by atoms with Crippen LogP contribution in [-0.2, 0) is 9.84 Å². The van der Waals surface area contributed by atoms with Gasteiger partial charge in [-0.1, -0.05) is 6.07 Å². The first kappa shape index (κ1) is 11.9. The highest BCUT2D eigenvalue weighted by Gasteiger charge is 2.23. The van der Waals surface area contributed by atoms with E-state index in [9.17, 15) is 8.42 Å². The molecule has 0 saturated carbocycles. The highest BCUT2D eigenvalue weighted by Crippen LogP contribution is 2.23. The molecule has 1 aromatic carbocycles. The fourth-order valence-corrected chi connectivity index (χ4v) is 3.17. The van der Waals surface area contributed by atoms with Crippen LogP contribution in [0.5, 0.6) is 0 Å². The number of rotatable bonds is 1. The Labute approximate surface area is 101 Å². The molecule has 1 aliphatic rings. The topological polar surface area (TPSA) is 61.2 Å². The highest BCUT2D eigenvalue weighted by atomic mass is 32.2. The molecule has 0 radical (unpaired) electrons. The van der Waals surface area contributed by atoms with Crippen LogP contribution in [0.1, 0.15) is 11.1 Å². The minimum absolute atomic E-state index is 0.172. The quantitative estimate of drug-likeness (QED) is 0.749. The van der Waals surface area contributed by atoms with E-state index in [-0.39, 0.29) is 11.5 Å². The van der Waals surface area contributed by atoms with Crippen molar-refractivity contribution in [1.29, 1.82) is 5.26 Å². The number of hydrogen-bond acceptors (Lipinski definition) is 4. The van der Waals surface area contributed by atoms with Crippen LogP contribution in [0.4, 0.5) is 5.69 Å². The van der Waals surface area contributed by atoms with E-state index in [1.807, 2.05) is 30.0 Å². The van der Waals surface area contributed by atoms with Gasteiger partial charge in [0.25, 0.3) is 0 Å². The maximum atomic E-state index is 11.3. The van der Waals surface area contributed by atoms with Gasteiger partial charge in [0.1, 0.15) is 6.07 Å². The van der Waals surface area contributed by atoms with Crippen LogP contribution in [0.15, 0.2) is 18.2 Å². The average Bonchev–Trinajstić information content (AvgIpc) is 2.29. The van der Waals surface area contributed by atoms with Gasteiger partial charge in [0, 0.05) is 13.1 Å². The minimum atomic E-state index is -2.88. The summed E-state index contributed by atoms with van der Waals surface area (Å²) in [5, 5.41) is 9.08. The van der Waals surface area contributed by atoms with Crippen molar-refractivity contribution in [3.05, 3.63) is 29.3 Å². The molecule has 0 aromatic heterocycles. The van der Waals surface area contributed by atoms with Crippen molar-refractivity contribution in [3.8, 4) is 6.07 Å². The third kappa shape index (κ3) is 2.59. The molecule has 5 heteroatoms. The van der Waals surface area contributed by atoms with Crippen LogP contribution in [0.25, 0.3) is 0 Å². The Bertz CT molecular complexity index is 559. The molecule has 0 N–H and O–H groups in total. The van der Waals surface area contributed by atoms with Crippen molar-refractivity contribution in [2.45, 2.75) is 6.92 Å². The molecule has 0 unspecified atom stereocenters. The Kier molecular flexibility index (Phi) is 3.07. The lowest BCUT2D eigenvalue weighted by Gasteiger charge is -2.29. The molecule has 90 valence electrons. The Morgan fingerprint density at radius 3 is 2.53 bits per heavy atom. The summed E-state index contributed by atoms with van der Waals surface area (Å²) in [5.41, 5.74) is 2.49. The first-order valence-corrected chi connectivity index (χ1v) is 7.30. The molecule has 1 fully saturated rings. The minimum Gasteiger partial charge on any atom is -0.368 e. The number of anilines is 1. The van der Waals surface area contributed by atoms with Gasteiger partial charge in [-0.2, -0.15) is 5.26 Å². The highest BCUT2D eigenvalue weighted by molar-refractivity contribution is 7.91. The lowest BCUT2D eigenvalue weighted by Crippen LogP contribution is -2.40. The van der Waals surface area contributed by atoms with E-state index in [0.717, 1.165) is 11.3 Å². The van der Waals surface area contributed by atoms with Crippen LogP contribution in [0, 0.1) is 18.3 Å². The van der Waals surface area contributed by atoms with Gasteiger partial charge in [-0.15, -0.1) is 0 Å². The van der Waals surface area contributed by atoms with Crippen molar-refractivity contribution < 1.29 is 8.42 Å². The van der Waals surface area contributed by atoms with E-state index in [0.29, 0.717) is 18.7 Å². The van der Waals surface area contributed by atoms with E-state index in [2.05, 4.69) is 6.07 Å². The molecule has 1 heterocycles. The lowest BCUT2D eigenvalue weighted by molar-refractivity contribution is 0.587. The second-order valence-electron chi connectivity index (χ2n) is 4.27. The average molecular weight is 250 g/mol. The van der Waals surface area contributed by atoms with Crippen molar-refractivity contribution in [2.75, 3.05) is 29.5 Å². The molecule has 2 rings (SSSR count).